The van der Waals surface area contributed by atoms with Crippen molar-refractivity contribution < 1.29 is 22.4 Å². The van der Waals surface area contributed by atoms with E-state index in [9.17, 15) is 22.4 Å². The van der Waals surface area contributed by atoms with Crippen molar-refractivity contribution in [3.8, 4) is 10.6 Å². The van der Waals surface area contributed by atoms with Gasteiger partial charge in [-0.1, -0.05) is 24.3 Å². The summed E-state index contributed by atoms with van der Waals surface area (Å²) in [6.07, 6.45) is -2.63. The topological polar surface area (TPSA) is 33.2 Å². The highest BCUT2D eigenvalue weighted by molar-refractivity contribution is 7.17. The van der Waals surface area contributed by atoms with Crippen LogP contribution in [0.25, 0.3) is 10.6 Å². The normalized spacial score (nSPS) is 17.1. The van der Waals surface area contributed by atoms with Crippen LogP contribution in [0.2, 0.25) is 0 Å². The summed E-state index contributed by atoms with van der Waals surface area (Å²) in [7, 11) is 0. The summed E-state index contributed by atoms with van der Waals surface area (Å²) in [5.41, 5.74) is 1.39. The minimum absolute atomic E-state index is 0.125. The van der Waals surface area contributed by atoms with Gasteiger partial charge in [0.05, 0.1) is 11.3 Å². The molecule has 1 saturated heterocycles. The molecule has 31 heavy (non-hydrogen) atoms. The van der Waals surface area contributed by atoms with Crippen molar-refractivity contribution in [3.63, 3.8) is 0 Å². The van der Waals surface area contributed by atoms with Crippen LogP contribution in [0.4, 0.5) is 17.6 Å². The van der Waals surface area contributed by atoms with E-state index in [1.807, 2.05) is 0 Å². The van der Waals surface area contributed by atoms with Gasteiger partial charge < -0.3 is 4.90 Å². The molecule has 0 radical (unpaired) electrons. The zero-order valence-electron chi connectivity index (χ0n) is 16.7. The number of amides is 1. The van der Waals surface area contributed by atoms with Crippen molar-refractivity contribution in [2.24, 2.45) is 0 Å². The monoisotopic (exact) mass is 448 g/mol. The number of halogens is 4. The van der Waals surface area contributed by atoms with E-state index >= 15 is 0 Å². The Bertz CT molecular complexity index is 1070. The van der Waals surface area contributed by atoms with Crippen LogP contribution in [-0.2, 0) is 6.18 Å². The van der Waals surface area contributed by atoms with E-state index < -0.39 is 11.7 Å². The number of aromatic nitrogens is 1. The maximum Gasteiger partial charge on any atom is 0.416 e. The van der Waals surface area contributed by atoms with Crippen molar-refractivity contribution in [1.82, 2.24) is 9.88 Å². The Morgan fingerprint density at radius 2 is 1.77 bits per heavy atom. The molecule has 162 valence electrons. The van der Waals surface area contributed by atoms with E-state index in [1.165, 1.54) is 35.6 Å². The molecular formula is C23H20F4N2OS. The van der Waals surface area contributed by atoms with E-state index in [2.05, 4.69) is 4.98 Å². The lowest BCUT2D eigenvalue weighted by Gasteiger charge is -2.33. The fourth-order valence-corrected chi connectivity index (χ4v) is 4.87. The molecule has 2 heterocycles. The van der Waals surface area contributed by atoms with E-state index in [0.29, 0.717) is 34.2 Å². The maximum atomic E-state index is 13.2. The molecule has 0 spiro atoms. The van der Waals surface area contributed by atoms with Crippen molar-refractivity contribution in [3.05, 3.63) is 76.0 Å². The molecule has 1 amide bonds. The van der Waals surface area contributed by atoms with Crippen LogP contribution in [0.1, 0.15) is 45.3 Å². The van der Waals surface area contributed by atoms with Gasteiger partial charge in [-0.25, -0.2) is 9.37 Å². The molecule has 0 aliphatic carbocycles. The number of carbonyl (C=O) groups excluding carboxylic acids is 1. The first-order chi connectivity index (χ1) is 14.7. The molecule has 2 aromatic carbocycles. The minimum atomic E-state index is -4.40. The van der Waals surface area contributed by atoms with Gasteiger partial charge in [-0.15, -0.1) is 11.3 Å². The fraction of sp³-hybridized carbons (Fsp3) is 0.304. The van der Waals surface area contributed by atoms with Crippen molar-refractivity contribution in [1.29, 1.82) is 0 Å². The van der Waals surface area contributed by atoms with Gasteiger partial charge in [0.1, 0.15) is 15.7 Å². The number of carbonyl (C=O) groups is 1. The Balaban J connectivity index is 1.52. The summed E-state index contributed by atoms with van der Waals surface area (Å²) < 4.78 is 51.6. The Hall–Kier alpha value is -2.74. The predicted octanol–water partition coefficient (Wildman–Crippen LogP) is 6.30. The van der Waals surface area contributed by atoms with Gasteiger partial charge in [0.2, 0.25) is 0 Å². The quantitative estimate of drug-likeness (QED) is 0.441. The number of alkyl halides is 3. The molecular weight excluding hydrogens is 428 g/mol. The molecule has 1 atom stereocenters. The van der Waals surface area contributed by atoms with Crippen LogP contribution in [0.15, 0.2) is 48.5 Å². The van der Waals surface area contributed by atoms with Gasteiger partial charge in [-0.3, -0.25) is 4.79 Å². The summed E-state index contributed by atoms with van der Waals surface area (Å²) in [4.78, 5) is 19.9. The van der Waals surface area contributed by atoms with Crippen molar-refractivity contribution >= 4 is 17.2 Å². The largest absolute Gasteiger partial charge is 0.416 e. The molecule has 0 unspecified atom stereocenters. The van der Waals surface area contributed by atoms with Crippen LogP contribution < -0.4 is 0 Å². The highest BCUT2D eigenvalue weighted by Gasteiger charge is 2.31. The van der Waals surface area contributed by atoms with E-state index in [0.717, 1.165) is 30.5 Å². The van der Waals surface area contributed by atoms with Crippen molar-refractivity contribution in [2.75, 3.05) is 13.1 Å². The fourth-order valence-electron chi connectivity index (χ4n) is 3.83. The lowest BCUT2D eigenvalue weighted by molar-refractivity contribution is -0.137. The first kappa shape index (κ1) is 21.5. The number of benzene rings is 2. The van der Waals surface area contributed by atoms with Crippen LogP contribution in [0.5, 0.6) is 0 Å². The average Bonchev–Trinajstić information content (AvgIpc) is 3.15. The SMILES string of the molecule is Cc1nc(-c2ccc(C(F)(F)F)cc2)sc1C(=O)N1CCC[C@@H](c2ccc(F)cc2)C1. The van der Waals surface area contributed by atoms with Crippen LogP contribution >= 0.6 is 11.3 Å². The first-order valence-electron chi connectivity index (χ1n) is 9.92. The molecule has 3 nitrogen and oxygen atoms in total. The van der Waals surface area contributed by atoms with Crippen LogP contribution in [0.3, 0.4) is 0 Å². The standard InChI is InChI=1S/C23H20F4N2OS/c1-14-20(31-21(28-14)16-4-8-18(9-5-16)23(25,26)27)22(30)29-12-2-3-17(13-29)15-6-10-19(24)11-7-15/h4-11,17H,2-3,12-13H2,1H3/t17-/m1/s1. The van der Waals surface area contributed by atoms with Gasteiger partial charge in [0.15, 0.2) is 0 Å². The number of hydrogen-bond acceptors (Lipinski definition) is 3. The Morgan fingerprint density at radius 3 is 2.42 bits per heavy atom. The Morgan fingerprint density at radius 1 is 1.10 bits per heavy atom. The van der Waals surface area contributed by atoms with Crippen LogP contribution in [-0.4, -0.2) is 28.9 Å². The summed E-state index contributed by atoms with van der Waals surface area (Å²) in [5, 5.41) is 0.515. The van der Waals surface area contributed by atoms with E-state index in [-0.39, 0.29) is 17.6 Å². The average molecular weight is 448 g/mol. The second-order valence-electron chi connectivity index (χ2n) is 7.65. The molecule has 1 aliphatic heterocycles. The molecule has 3 aromatic rings. The summed E-state index contributed by atoms with van der Waals surface area (Å²) in [6, 6.07) is 11.2. The third kappa shape index (κ3) is 4.63. The zero-order chi connectivity index (χ0) is 22.2. The smallest absolute Gasteiger partial charge is 0.337 e. The molecule has 1 aromatic heterocycles. The maximum absolute atomic E-state index is 13.2. The number of nitrogens with zero attached hydrogens (tertiary/aromatic N) is 2. The Labute approximate surface area is 181 Å². The molecule has 1 aliphatic rings. The van der Waals surface area contributed by atoms with E-state index in [4.69, 9.17) is 0 Å². The molecule has 0 saturated carbocycles. The molecule has 1 fully saturated rings. The highest BCUT2D eigenvalue weighted by Crippen LogP contribution is 2.34. The van der Waals surface area contributed by atoms with Crippen molar-refractivity contribution in [2.45, 2.75) is 31.9 Å². The van der Waals surface area contributed by atoms with Gasteiger partial charge in [0, 0.05) is 24.6 Å². The van der Waals surface area contributed by atoms with Gasteiger partial charge >= 0.3 is 6.18 Å². The lowest BCUT2D eigenvalue weighted by Crippen LogP contribution is -2.39. The number of likely N-dealkylation sites (tertiary alicyclic amines) is 1. The minimum Gasteiger partial charge on any atom is -0.337 e. The van der Waals surface area contributed by atoms with Gasteiger partial charge in [-0.2, -0.15) is 13.2 Å². The number of rotatable bonds is 3. The lowest BCUT2D eigenvalue weighted by atomic mass is 9.90. The van der Waals surface area contributed by atoms with Gasteiger partial charge in [-0.05, 0) is 49.6 Å². The molecule has 0 bridgehead atoms. The third-order valence-electron chi connectivity index (χ3n) is 5.50. The number of aryl methyl sites for hydroxylation is 1. The number of piperidine rings is 1. The van der Waals surface area contributed by atoms with E-state index in [1.54, 1.807) is 24.0 Å². The molecule has 4 rings (SSSR count). The first-order valence-corrected chi connectivity index (χ1v) is 10.7. The van der Waals surface area contributed by atoms with Crippen LogP contribution in [0, 0.1) is 12.7 Å². The third-order valence-corrected chi connectivity index (χ3v) is 6.69. The zero-order valence-corrected chi connectivity index (χ0v) is 17.6. The molecule has 8 heteroatoms. The number of hydrogen-bond donors (Lipinski definition) is 0. The predicted molar refractivity (Wildman–Crippen MR) is 112 cm³/mol. The summed E-state index contributed by atoms with van der Waals surface area (Å²) >= 11 is 1.19. The second kappa shape index (κ2) is 8.42. The Kier molecular flexibility index (Phi) is 5.83. The summed E-state index contributed by atoms with van der Waals surface area (Å²) in [6.45, 7) is 2.90. The molecule has 0 N–H and O–H groups in total. The van der Waals surface area contributed by atoms with Gasteiger partial charge in [0.25, 0.3) is 5.91 Å². The second-order valence-corrected chi connectivity index (χ2v) is 8.65. The summed E-state index contributed by atoms with van der Waals surface area (Å²) in [5.74, 6) is -0.274. The highest BCUT2D eigenvalue weighted by atomic mass is 32.1. The number of thiazole rings is 1.